The predicted molar refractivity (Wildman–Crippen MR) is 70.7 cm³/mol. The molecule has 0 saturated heterocycles. The second-order valence-corrected chi connectivity index (χ2v) is 5.75. The number of methoxy groups -OCH3 is 1. The second-order valence-electron chi connectivity index (χ2n) is 5.75. The Balaban J connectivity index is 4.23. The van der Waals surface area contributed by atoms with Crippen LogP contribution in [-0.2, 0) is 9.53 Å². The highest BCUT2D eigenvalue weighted by Crippen LogP contribution is 2.21. The highest BCUT2D eigenvalue weighted by molar-refractivity contribution is 5.81. The lowest BCUT2D eigenvalue weighted by Crippen LogP contribution is -2.48. The van der Waals surface area contributed by atoms with Gasteiger partial charge in [-0.1, -0.05) is 41.0 Å². The third kappa shape index (κ3) is 5.50. The maximum atomic E-state index is 11.8. The quantitative estimate of drug-likeness (QED) is 0.745. The van der Waals surface area contributed by atoms with Gasteiger partial charge < -0.3 is 15.8 Å². The number of ether oxygens (including phenoxy) is 1. The summed E-state index contributed by atoms with van der Waals surface area (Å²) in [5.74, 6) is 0.108. The highest BCUT2D eigenvalue weighted by Gasteiger charge is 2.26. The largest absolute Gasteiger partial charge is 0.379 e. The lowest BCUT2D eigenvalue weighted by atomic mass is 9.89. The van der Waals surface area contributed by atoms with Crippen molar-refractivity contribution in [1.82, 2.24) is 5.32 Å². The Hall–Kier alpha value is -0.610. The van der Waals surface area contributed by atoms with E-state index in [1.165, 1.54) is 0 Å². The van der Waals surface area contributed by atoms with Gasteiger partial charge in [-0.05, 0) is 11.3 Å². The van der Waals surface area contributed by atoms with E-state index in [1.807, 2.05) is 13.8 Å². The van der Waals surface area contributed by atoms with E-state index in [0.29, 0.717) is 6.54 Å². The molecule has 0 aliphatic rings. The molecule has 0 heterocycles. The number of nitrogens with one attached hydrogen (secondary N) is 1. The van der Waals surface area contributed by atoms with Crippen LogP contribution in [0.1, 0.15) is 41.0 Å². The van der Waals surface area contributed by atoms with Crippen LogP contribution in [0.15, 0.2) is 0 Å². The number of hydrogen-bond acceptors (Lipinski definition) is 3. The van der Waals surface area contributed by atoms with Crippen molar-refractivity contribution in [3.05, 3.63) is 0 Å². The molecule has 3 atom stereocenters. The van der Waals surface area contributed by atoms with E-state index in [0.717, 1.165) is 6.42 Å². The van der Waals surface area contributed by atoms with Gasteiger partial charge in [0.2, 0.25) is 5.91 Å². The van der Waals surface area contributed by atoms with Crippen LogP contribution in [0.5, 0.6) is 0 Å². The first-order valence-electron chi connectivity index (χ1n) is 6.30. The minimum Gasteiger partial charge on any atom is -0.379 e. The molecule has 0 fully saturated rings. The van der Waals surface area contributed by atoms with E-state index in [4.69, 9.17) is 10.5 Å². The number of nitrogens with two attached hydrogens (primary N) is 1. The molecule has 0 spiro atoms. The molecule has 4 nitrogen and oxygen atoms in total. The van der Waals surface area contributed by atoms with Crippen molar-refractivity contribution in [2.75, 3.05) is 13.7 Å². The summed E-state index contributed by atoms with van der Waals surface area (Å²) in [6, 6.07) is -0.433. The molecule has 0 rings (SSSR count). The predicted octanol–water partition coefficient (Wildman–Crippen LogP) is 1.54. The fourth-order valence-corrected chi connectivity index (χ4v) is 1.57. The maximum absolute atomic E-state index is 11.8. The maximum Gasteiger partial charge on any atom is 0.237 e. The second kappa shape index (κ2) is 6.97. The van der Waals surface area contributed by atoms with Crippen LogP contribution in [-0.4, -0.2) is 31.7 Å². The van der Waals surface area contributed by atoms with Gasteiger partial charge >= 0.3 is 0 Å². The summed E-state index contributed by atoms with van der Waals surface area (Å²) in [4.78, 5) is 11.8. The molecule has 0 radical (unpaired) electrons. The molecule has 0 bridgehead atoms. The molecule has 102 valence electrons. The molecule has 1 amide bonds. The SMILES string of the molecule is CCC(C)C(N)C(=O)NCC(OC)C(C)(C)C. The third-order valence-electron chi connectivity index (χ3n) is 3.27. The lowest BCUT2D eigenvalue weighted by molar-refractivity contribution is -0.124. The average Bonchev–Trinajstić information content (AvgIpc) is 2.25. The number of hydrogen-bond donors (Lipinski definition) is 2. The van der Waals surface area contributed by atoms with Crippen molar-refractivity contribution in [3.63, 3.8) is 0 Å². The summed E-state index contributed by atoms with van der Waals surface area (Å²) in [6.45, 7) is 10.8. The molecular formula is C13H28N2O2. The molecule has 3 unspecified atom stereocenters. The summed E-state index contributed by atoms with van der Waals surface area (Å²) < 4.78 is 5.38. The zero-order chi connectivity index (χ0) is 13.6. The monoisotopic (exact) mass is 244 g/mol. The smallest absolute Gasteiger partial charge is 0.237 e. The van der Waals surface area contributed by atoms with Gasteiger partial charge in [0.25, 0.3) is 0 Å². The normalized spacial score (nSPS) is 17.4. The van der Waals surface area contributed by atoms with Gasteiger partial charge in [0.1, 0.15) is 0 Å². The number of carbonyl (C=O) groups is 1. The van der Waals surface area contributed by atoms with Gasteiger partial charge in [0, 0.05) is 13.7 Å². The Morgan fingerprint density at radius 2 is 1.94 bits per heavy atom. The summed E-state index contributed by atoms with van der Waals surface area (Å²) in [7, 11) is 1.66. The van der Waals surface area contributed by atoms with Crippen molar-refractivity contribution in [3.8, 4) is 0 Å². The summed E-state index contributed by atoms with van der Waals surface area (Å²) in [6.07, 6.45) is 0.900. The van der Waals surface area contributed by atoms with Crippen molar-refractivity contribution in [1.29, 1.82) is 0 Å². The van der Waals surface area contributed by atoms with Crippen LogP contribution in [0, 0.1) is 11.3 Å². The Morgan fingerprint density at radius 1 is 1.41 bits per heavy atom. The zero-order valence-corrected chi connectivity index (χ0v) is 12.0. The highest BCUT2D eigenvalue weighted by atomic mass is 16.5. The summed E-state index contributed by atoms with van der Waals surface area (Å²) in [5, 5.41) is 2.87. The van der Waals surface area contributed by atoms with Gasteiger partial charge in [0.05, 0.1) is 12.1 Å². The molecule has 0 aliphatic carbocycles. The average molecular weight is 244 g/mol. The first-order chi connectivity index (χ1) is 7.73. The van der Waals surface area contributed by atoms with Gasteiger partial charge in [-0.25, -0.2) is 0 Å². The van der Waals surface area contributed by atoms with Crippen molar-refractivity contribution < 1.29 is 9.53 Å². The van der Waals surface area contributed by atoms with Crippen LogP contribution in [0.25, 0.3) is 0 Å². The van der Waals surface area contributed by atoms with Crippen molar-refractivity contribution >= 4 is 5.91 Å². The Morgan fingerprint density at radius 3 is 2.29 bits per heavy atom. The summed E-state index contributed by atoms with van der Waals surface area (Å²) >= 11 is 0. The van der Waals surface area contributed by atoms with Crippen molar-refractivity contribution in [2.45, 2.75) is 53.2 Å². The topological polar surface area (TPSA) is 64.4 Å². The van der Waals surface area contributed by atoms with Crippen molar-refractivity contribution in [2.24, 2.45) is 17.1 Å². The molecule has 0 aromatic rings. The lowest BCUT2D eigenvalue weighted by Gasteiger charge is -2.30. The van der Waals surface area contributed by atoms with Crippen LogP contribution in [0.4, 0.5) is 0 Å². The van der Waals surface area contributed by atoms with E-state index in [1.54, 1.807) is 7.11 Å². The van der Waals surface area contributed by atoms with E-state index >= 15 is 0 Å². The fraction of sp³-hybridized carbons (Fsp3) is 0.923. The molecule has 3 N–H and O–H groups in total. The van der Waals surface area contributed by atoms with Gasteiger partial charge in [-0.3, -0.25) is 4.79 Å². The number of amides is 1. The Kier molecular flexibility index (Phi) is 6.72. The molecule has 0 aliphatic heterocycles. The van der Waals surface area contributed by atoms with Gasteiger partial charge in [0.15, 0.2) is 0 Å². The molecule has 0 saturated carbocycles. The first kappa shape index (κ1) is 16.4. The standard InChI is InChI=1S/C13H28N2O2/c1-7-9(2)11(14)12(16)15-8-10(17-6)13(3,4)5/h9-11H,7-8,14H2,1-6H3,(H,15,16). The first-order valence-corrected chi connectivity index (χ1v) is 6.30. The van der Waals surface area contributed by atoms with E-state index in [2.05, 4.69) is 26.1 Å². The van der Waals surface area contributed by atoms with Gasteiger partial charge in [-0.15, -0.1) is 0 Å². The molecule has 0 aromatic heterocycles. The van der Waals surface area contributed by atoms with E-state index in [-0.39, 0.29) is 23.3 Å². The molecule has 0 aromatic carbocycles. The van der Waals surface area contributed by atoms with Gasteiger partial charge in [-0.2, -0.15) is 0 Å². The zero-order valence-electron chi connectivity index (χ0n) is 12.0. The van der Waals surface area contributed by atoms with Crippen LogP contribution < -0.4 is 11.1 Å². The van der Waals surface area contributed by atoms with E-state index < -0.39 is 6.04 Å². The summed E-state index contributed by atoms with van der Waals surface area (Å²) in [5.41, 5.74) is 5.86. The Bertz CT molecular complexity index is 236. The number of rotatable bonds is 6. The van der Waals surface area contributed by atoms with Crippen LogP contribution >= 0.6 is 0 Å². The minimum atomic E-state index is -0.433. The van der Waals surface area contributed by atoms with Crippen LogP contribution in [0.2, 0.25) is 0 Å². The van der Waals surface area contributed by atoms with E-state index in [9.17, 15) is 4.79 Å². The van der Waals surface area contributed by atoms with Crippen LogP contribution in [0.3, 0.4) is 0 Å². The minimum absolute atomic E-state index is 0.00248. The molecular weight excluding hydrogens is 216 g/mol. The third-order valence-corrected chi connectivity index (χ3v) is 3.27. The Labute approximate surface area is 105 Å². The fourth-order valence-electron chi connectivity index (χ4n) is 1.57. The molecule has 4 heteroatoms. The molecule has 17 heavy (non-hydrogen) atoms. The number of carbonyl (C=O) groups excluding carboxylic acids is 1.